The van der Waals surface area contributed by atoms with Gasteiger partial charge >= 0.3 is 0 Å². The molecule has 2 aromatic rings. The summed E-state index contributed by atoms with van der Waals surface area (Å²) >= 11 is 0. The number of hydrogen-bond donors (Lipinski definition) is 0. The number of aryl methyl sites for hydroxylation is 4. The largest absolute Gasteiger partial charge is 0.308 e. The van der Waals surface area contributed by atoms with Crippen molar-refractivity contribution in [3.63, 3.8) is 0 Å². The second-order valence-corrected chi connectivity index (χ2v) is 5.59. The maximum absolute atomic E-state index is 12.9. The molecular weight excluding hydrogens is 258 g/mol. The van der Waals surface area contributed by atoms with Crippen LogP contribution in [0.2, 0.25) is 0 Å². The molecule has 110 valence electrons. The average Bonchev–Trinajstić information content (AvgIpc) is 2.45. The number of rotatable bonds is 3. The lowest BCUT2D eigenvalue weighted by Crippen LogP contribution is -2.31. The molecule has 0 saturated heterocycles. The molecule has 0 bridgehead atoms. The van der Waals surface area contributed by atoms with Crippen LogP contribution in [-0.4, -0.2) is 12.5 Å². The number of hydrogen-bond acceptors (Lipinski definition) is 1. The van der Waals surface area contributed by atoms with E-state index in [-0.39, 0.29) is 5.91 Å². The second-order valence-electron chi connectivity index (χ2n) is 5.59. The molecule has 2 aromatic carbocycles. The van der Waals surface area contributed by atoms with Crippen molar-refractivity contribution in [1.29, 1.82) is 0 Å². The molecule has 0 N–H and O–H groups in total. The van der Waals surface area contributed by atoms with E-state index >= 15 is 0 Å². The monoisotopic (exact) mass is 281 g/mol. The first-order chi connectivity index (χ1) is 9.95. The Morgan fingerprint density at radius 2 is 1.52 bits per heavy atom. The maximum Gasteiger partial charge on any atom is 0.258 e. The first-order valence-electron chi connectivity index (χ1n) is 7.41. The van der Waals surface area contributed by atoms with Gasteiger partial charge in [0.15, 0.2) is 0 Å². The van der Waals surface area contributed by atoms with Gasteiger partial charge in [0.25, 0.3) is 5.91 Å². The summed E-state index contributed by atoms with van der Waals surface area (Å²) in [5.74, 6) is 0.0763. The quantitative estimate of drug-likeness (QED) is 0.806. The molecule has 0 aliphatic heterocycles. The Balaban J connectivity index is 2.47. The fourth-order valence-corrected chi connectivity index (χ4v) is 2.63. The van der Waals surface area contributed by atoms with Crippen molar-refractivity contribution in [2.24, 2.45) is 0 Å². The van der Waals surface area contributed by atoms with Crippen molar-refractivity contribution < 1.29 is 4.79 Å². The normalized spacial score (nSPS) is 10.5. The van der Waals surface area contributed by atoms with E-state index in [1.54, 1.807) is 0 Å². The van der Waals surface area contributed by atoms with Crippen molar-refractivity contribution in [1.82, 2.24) is 0 Å². The van der Waals surface area contributed by atoms with E-state index in [4.69, 9.17) is 0 Å². The summed E-state index contributed by atoms with van der Waals surface area (Å²) in [5, 5.41) is 0. The van der Waals surface area contributed by atoms with Gasteiger partial charge in [-0.25, -0.2) is 0 Å². The molecule has 0 aromatic heterocycles. The summed E-state index contributed by atoms with van der Waals surface area (Å²) in [6, 6.07) is 12.1. The lowest BCUT2D eigenvalue weighted by molar-refractivity contribution is 0.0987. The molecule has 0 unspecified atom stereocenters. The van der Waals surface area contributed by atoms with Crippen LogP contribution in [0.1, 0.15) is 39.5 Å². The standard InChI is InChI=1S/C19H23NO/c1-6-20(18-10-8-7-9-13(18)2)19(21)17-12-15(4)14(3)11-16(17)5/h7-12H,6H2,1-5H3. The SMILES string of the molecule is CCN(C(=O)c1cc(C)c(C)cc1C)c1ccccc1C. The Labute approximate surface area is 127 Å². The molecule has 0 spiro atoms. The van der Waals surface area contributed by atoms with Crippen LogP contribution >= 0.6 is 0 Å². The van der Waals surface area contributed by atoms with E-state index in [0.717, 1.165) is 27.9 Å². The van der Waals surface area contributed by atoms with Gasteiger partial charge in [-0.05, 0) is 69.0 Å². The molecule has 0 radical (unpaired) electrons. The zero-order valence-electron chi connectivity index (χ0n) is 13.5. The summed E-state index contributed by atoms with van der Waals surface area (Å²) in [4.78, 5) is 14.8. The van der Waals surface area contributed by atoms with Crippen LogP contribution in [0.3, 0.4) is 0 Å². The molecule has 0 atom stereocenters. The number of anilines is 1. The molecule has 0 aliphatic rings. The molecule has 1 amide bonds. The van der Waals surface area contributed by atoms with Crippen molar-refractivity contribution in [2.45, 2.75) is 34.6 Å². The van der Waals surface area contributed by atoms with Crippen molar-refractivity contribution >= 4 is 11.6 Å². The molecular formula is C19H23NO. The first-order valence-corrected chi connectivity index (χ1v) is 7.41. The Morgan fingerprint density at radius 1 is 0.905 bits per heavy atom. The molecule has 0 fully saturated rings. The summed E-state index contributed by atoms with van der Waals surface area (Å²) < 4.78 is 0. The Morgan fingerprint density at radius 3 is 2.14 bits per heavy atom. The van der Waals surface area contributed by atoms with Crippen LogP contribution in [-0.2, 0) is 0 Å². The number of nitrogens with zero attached hydrogens (tertiary/aromatic N) is 1. The molecule has 2 heteroatoms. The van der Waals surface area contributed by atoms with Gasteiger partial charge in [-0.2, -0.15) is 0 Å². The summed E-state index contributed by atoms with van der Waals surface area (Å²) in [6.45, 7) is 10.9. The lowest BCUT2D eigenvalue weighted by atomic mass is 9.99. The molecule has 2 rings (SSSR count). The van der Waals surface area contributed by atoms with Gasteiger partial charge in [0.1, 0.15) is 0 Å². The summed E-state index contributed by atoms with van der Waals surface area (Å²) in [6.07, 6.45) is 0. The topological polar surface area (TPSA) is 20.3 Å². The first kappa shape index (κ1) is 15.3. The van der Waals surface area contributed by atoms with Gasteiger partial charge in [0.2, 0.25) is 0 Å². The van der Waals surface area contributed by atoms with Gasteiger partial charge in [-0.15, -0.1) is 0 Å². The third-order valence-electron chi connectivity index (χ3n) is 4.04. The van der Waals surface area contributed by atoms with Crippen LogP contribution in [0.5, 0.6) is 0 Å². The number of amides is 1. The number of carbonyl (C=O) groups excluding carboxylic acids is 1. The summed E-state index contributed by atoms with van der Waals surface area (Å²) in [7, 11) is 0. The minimum Gasteiger partial charge on any atom is -0.308 e. The van der Waals surface area contributed by atoms with Crippen LogP contribution < -0.4 is 4.90 Å². The van der Waals surface area contributed by atoms with Crippen LogP contribution in [0.4, 0.5) is 5.69 Å². The number of para-hydroxylation sites is 1. The van der Waals surface area contributed by atoms with E-state index in [9.17, 15) is 4.79 Å². The van der Waals surface area contributed by atoms with E-state index in [2.05, 4.69) is 19.9 Å². The Kier molecular flexibility index (Phi) is 4.46. The highest BCUT2D eigenvalue weighted by molar-refractivity contribution is 6.07. The van der Waals surface area contributed by atoms with E-state index < -0.39 is 0 Å². The van der Waals surface area contributed by atoms with E-state index in [1.807, 2.05) is 56.0 Å². The molecule has 0 aliphatic carbocycles. The van der Waals surface area contributed by atoms with Crippen LogP contribution in [0, 0.1) is 27.7 Å². The highest BCUT2D eigenvalue weighted by Crippen LogP contribution is 2.24. The van der Waals surface area contributed by atoms with Gasteiger partial charge in [-0.3, -0.25) is 4.79 Å². The smallest absolute Gasteiger partial charge is 0.258 e. The van der Waals surface area contributed by atoms with Gasteiger partial charge in [-0.1, -0.05) is 24.3 Å². The predicted molar refractivity (Wildman–Crippen MR) is 89.2 cm³/mol. The van der Waals surface area contributed by atoms with Gasteiger partial charge in [0, 0.05) is 17.8 Å². The third-order valence-corrected chi connectivity index (χ3v) is 4.04. The molecule has 0 saturated carbocycles. The highest BCUT2D eigenvalue weighted by Gasteiger charge is 2.19. The second kappa shape index (κ2) is 6.13. The van der Waals surface area contributed by atoms with E-state index in [1.165, 1.54) is 5.56 Å². The van der Waals surface area contributed by atoms with Crippen molar-refractivity contribution in [2.75, 3.05) is 11.4 Å². The minimum atomic E-state index is 0.0763. The zero-order chi connectivity index (χ0) is 15.6. The maximum atomic E-state index is 12.9. The fourth-order valence-electron chi connectivity index (χ4n) is 2.63. The van der Waals surface area contributed by atoms with Crippen molar-refractivity contribution in [3.8, 4) is 0 Å². The Bertz CT molecular complexity index is 673. The number of benzene rings is 2. The highest BCUT2D eigenvalue weighted by atomic mass is 16.2. The van der Waals surface area contributed by atoms with Crippen LogP contribution in [0.15, 0.2) is 36.4 Å². The summed E-state index contributed by atoms with van der Waals surface area (Å²) in [5.41, 5.74) is 6.32. The Hall–Kier alpha value is -2.09. The van der Waals surface area contributed by atoms with Crippen LogP contribution in [0.25, 0.3) is 0 Å². The van der Waals surface area contributed by atoms with Crippen molar-refractivity contribution in [3.05, 3.63) is 64.2 Å². The zero-order valence-corrected chi connectivity index (χ0v) is 13.5. The molecule has 2 nitrogen and oxygen atoms in total. The molecule has 0 heterocycles. The fraction of sp³-hybridized carbons (Fsp3) is 0.316. The number of carbonyl (C=O) groups is 1. The average molecular weight is 281 g/mol. The minimum absolute atomic E-state index is 0.0763. The molecule has 21 heavy (non-hydrogen) atoms. The van der Waals surface area contributed by atoms with Gasteiger partial charge in [0.05, 0.1) is 0 Å². The lowest BCUT2D eigenvalue weighted by Gasteiger charge is -2.24. The van der Waals surface area contributed by atoms with E-state index in [0.29, 0.717) is 6.54 Å². The third kappa shape index (κ3) is 2.99. The van der Waals surface area contributed by atoms with Gasteiger partial charge < -0.3 is 4.90 Å². The predicted octanol–water partition coefficient (Wildman–Crippen LogP) is 4.59.